The smallest absolute Gasteiger partial charge is 0.140 e. The summed E-state index contributed by atoms with van der Waals surface area (Å²) in [7, 11) is 0. The number of benzene rings is 1. The highest BCUT2D eigenvalue weighted by Gasteiger charge is 2.46. The van der Waals surface area contributed by atoms with Crippen LogP contribution in [-0.4, -0.2) is 47.9 Å². The van der Waals surface area contributed by atoms with E-state index in [1.54, 1.807) is 6.33 Å². The quantitative estimate of drug-likeness (QED) is 0.542. The number of aliphatic hydroxyl groups excluding tert-OH is 1. The van der Waals surface area contributed by atoms with Crippen LogP contribution < -0.4 is 15.5 Å². The van der Waals surface area contributed by atoms with Crippen molar-refractivity contribution in [1.29, 1.82) is 0 Å². The number of halogens is 3. The van der Waals surface area contributed by atoms with Gasteiger partial charge in [-0.2, -0.15) is 0 Å². The Kier molecular flexibility index (Phi) is 9.58. The highest BCUT2D eigenvalue weighted by molar-refractivity contribution is 5.86. The lowest BCUT2D eigenvalue weighted by atomic mass is 9.73. The monoisotopic (exact) mass is 501 g/mol. The van der Waals surface area contributed by atoms with Crippen molar-refractivity contribution in [2.24, 2.45) is 0 Å². The number of fused-ring (bicyclic) bond motifs is 3. The number of nitrogens with one attached hydrogen (secondary N) is 2. The molecule has 1 aliphatic carbocycles. The number of aryl methyl sites for hydroxylation is 1. The summed E-state index contributed by atoms with van der Waals surface area (Å²) in [5, 5.41) is 16.1. The number of hydrogen-bond acceptors (Lipinski definition) is 6. The molecular formula is C23H34Cl3N5O. The van der Waals surface area contributed by atoms with Crippen LogP contribution in [0.5, 0.6) is 0 Å². The molecule has 2 aromatic rings. The Hall–Kier alpha value is -1.15. The predicted molar refractivity (Wildman–Crippen MR) is 137 cm³/mol. The normalized spacial score (nSPS) is 20.1. The molecule has 1 atom stereocenters. The maximum absolute atomic E-state index is 9.19. The third-order valence-corrected chi connectivity index (χ3v) is 7.08. The first-order valence-corrected chi connectivity index (χ1v) is 11.0. The first-order chi connectivity index (χ1) is 14.2. The Bertz CT molecular complexity index is 907. The zero-order valence-corrected chi connectivity index (χ0v) is 20.9. The largest absolute Gasteiger partial charge is 0.395 e. The summed E-state index contributed by atoms with van der Waals surface area (Å²) < 4.78 is 0. The van der Waals surface area contributed by atoms with Crippen molar-refractivity contribution in [3.8, 4) is 0 Å². The second-order valence-corrected chi connectivity index (χ2v) is 8.83. The second kappa shape index (κ2) is 11.3. The molecule has 1 spiro atoms. The van der Waals surface area contributed by atoms with Gasteiger partial charge in [-0.1, -0.05) is 19.1 Å². The molecule has 1 fully saturated rings. The molecule has 178 valence electrons. The van der Waals surface area contributed by atoms with E-state index in [9.17, 15) is 5.11 Å². The molecule has 1 aromatic carbocycles. The molecule has 2 aliphatic heterocycles. The van der Waals surface area contributed by atoms with Crippen LogP contribution in [0.25, 0.3) is 0 Å². The molecule has 0 amide bonds. The summed E-state index contributed by atoms with van der Waals surface area (Å²) in [4.78, 5) is 11.9. The van der Waals surface area contributed by atoms with Crippen molar-refractivity contribution in [3.63, 3.8) is 0 Å². The molecule has 5 rings (SSSR count). The van der Waals surface area contributed by atoms with Gasteiger partial charge in [0.15, 0.2) is 0 Å². The summed E-state index contributed by atoms with van der Waals surface area (Å²) in [6.45, 7) is 7.02. The molecule has 3 aliphatic rings. The fourth-order valence-corrected chi connectivity index (χ4v) is 5.68. The van der Waals surface area contributed by atoms with Crippen LogP contribution in [0.4, 0.5) is 11.5 Å². The van der Waals surface area contributed by atoms with Crippen LogP contribution in [0.3, 0.4) is 0 Å². The highest BCUT2D eigenvalue weighted by Crippen LogP contribution is 2.51. The van der Waals surface area contributed by atoms with Gasteiger partial charge in [-0.3, -0.25) is 0 Å². The molecule has 0 unspecified atom stereocenters. The molecule has 0 radical (unpaired) electrons. The van der Waals surface area contributed by atoms with Gasteiger partial charge in [0, 0.05) is 42.0 Å². The maximum atomic E-state index is 9.19. The van der Waals surface area contributed by atoms with Gasteiger partial charge in [0.1, 0.15) is 12.1 Å². The average Bonchev–Trinajstić information content (AvgIpc) is 3.28. The van der Waals surface area contributed by atoms with Gasteiger partial charge in [-0.25, -0.2) is 9.97 Å². The van der Waals surface area contributed by atoms with Crippen molar-refractivity contribution >= 4 is 48.7 Å². The molecule has 1 aromatic heterocycles. The second-order valence-electron chi connectivity index (χ2n) is 8.83. The van der Waals surface area contributed by atoms with Gasteiger partial charge < -0.3 is 20.6 Å². The highest BCUT2D eigenvalue weighted by atomic mass is 35.5. The van der Waals surface area contributed by atoms with Crippen molar-refractivity contribution in [3.05, 3.63) is 46.9 Å². The fraction of sp³-hybridized carbons (Fsp3) is 0.565. The summed E-state index contributed by atoms with van der Waals surface area (Å²) in [6, 6.07) is 6.70. The molecule has 0 bridgehead atoms. The number of hydrogen-bond donors (Lipinski definition) is 3. The minimum absolute atomic E-state index is 0. The lowest BCUT2D eigenvalue weighted by Gasteiger charge is -2.36. The molecule has 0 saturated carbocycles. The van der Waals surface area contributed by atoms with E-state index >= 15 is 0 Å². The number of anilines is 2. The number of rotatable bonds is 5. The van der Waals surface area contributed by atoms with Gasteiger partial charge in [-0.05, 0) is 61.9 Å². The van der Waals surface area contributed by atoms with E-state index in [0.29, 0.717) is 12.5 Å². The van der Waals surface area contributed by atoms with E-state index in [4.69, 9.17) is 4.98 Å². The summed E-state index contributed by atoms with van der Waals surface area (Å²) >= 11 is 0. The predicted octanol–water partition coefficient (Wildman–Crippen LogP) is 3.65. The van der Waals surface area contributed by atoms with Crippen molar-refractivity contribution in [2.75, 3.05) is 37.7 Å². The van der Waals surface area contributed by atoms with Gasteiger partial charge in [0.25, 0.3) is 0 Å². The van der Waals surface area contributed by atoms with Crippen LogP contribution >= 0.6 is 37.2 Å². The average molecular weight is 503 g/mol. The standard InChI is InChI=1S/C23H31N5O.3ClH/c1-16-5-6-18-20(16)22(27-15-26-18)28-14-23(7-9-24-10-8-23)21-17(13-25-11-12-29)3-2-4-19(21)28;;;/h2-4,15-16,24-25,29H,5-14H2,1H3;3*1H/t16-;;;/m1.../s1. The molecular weight excluding hydrogens is 469 g/mol. The number of aliphatic hydroxyl groups is 1. The van der Waals surface area contributed by atoms with Gasteiger partial charge in [0.05, 0.1) is 6.61 Å². The third kappa shape index (κ3) is 4.59. The first-order valence-electron chi connectivity index (χ1n) is 11.0. The van der Waals surface area contributed by atoms with E-state index in [2.05, 4.69) is 45.6 Å². The van der Waals surface area contributed by atoms with E-state index < -0.39 is 0 Å². The first kappa shape index (κ1) is 27.1. The Morgan fingerprint density at radius 2 is 1.97 bits per heavy atom. The van der Waals surface area contributed by atoms with Gasteiger partial charge in [-0.15, -0.1) is 37.2 Å². The van der Waals surface area contributed by atoms with Crippen molar-refractivity contribution in [2.45, 2.75) is 50.5 Å². The summed E-state index contributed by atoms with van der Waals surface area (Å²) in [5.74, 6) is 1.64. The zero-order chi connectivity index (χ0) is 19.8. The number of nitrogens with zero attached hydrogens (tertiary/aromatic N) is 3. The van der Waals surface area contributed by atoms with Crippen LogP contribution in [-0.2, 0) is 18.4 Å². The SMILES string of the molecule is C[C@@H]1CCc2ncnc(N3CC4(CCNCC4)c4c(CNCCO)cccc43)c21.Cl.Cl.Cl. The van der Waals surface area contributed by atoms with Crippen LogP contribution in [0.2, 0.25) is 0 Å². The van der Waals surface area contributed by atoms with E-state index in [-0.39, 0.29) is 49.2 Å². The molecule has 3 heterocycles. The molecule has 32 heavy (non-hydrogen) atoms. The minimum Gasteiger partial charge on any atom is -0.395 e. The Morgan fingerprint density at radius 3 is 2.72 bits per heavy atom. The van der Waals surface area contributed by atoms with Crippen LogP contribution in [0.1, 0.15) is 54.5 Å². The minimum atomic E-state index is 0. The molecule has 6 nitrogen and oxygen atoms in total. The molecule has 9 heteroatoms. The Labute approximate surface area is 209 Å². The third-order valence-electron chi connectivity index (χ3n) is 7.08. The van der Waals surface area contributed by atoms with Crippen molar-refractivity contribution in [1.82, 2.24) is 20.6 Å². The molecule has 3 N–H and O–H groups in total. The van der Waals surface area contributed by atoms with Crippen LogP contribution in [0.15, 0.2) is 24.5 Å². The summed E-state index contributed by atoms with van der Waals surface area (Å²) in [6.07, 6.45) is 6.29. The zero-order valence-electron chi connectivity index (χ0n) is 18.5. The molecule has 1 saturated heterocycles. The Morgan fingerprint density at radius 1 is 1.19 bits per heavy atom. The topological polar surface area (TPSA) is 73.3 Å². The van der Waals surface area contributed by atoms with Gasteiger partial charge >= 0.3 is 0 Å². The lowest BCUT2D eigenvalue weighted by molar-refractivity contribution is 0.291. The van der Waals surface area contributed by atoms with Gasteiger partial charge in [0.2, 0.25) is 0 Å². The lowest BCUT2D eigenvalue weighted by Crippen LogP contribution is -2.43. The van der Waals surface area contributed by atoms with Crippen molar-refractivity contribution < 1.29 is 5.11 Å². The summed E-state index contributed by atoms with van der Waals surface area (Å²) in [5.41, 5.74) is 6.92. The number of aromatic nitrogens is 2. The number of piperidine rings is 1. The van der Waals surface area contributed by atoms with E-state index in [1.165, 1.54) is 34.5 Å². The van der Waals surface area contributed by atoms with E-state index in [0.717, 1.165) is 51.3 Å². The van der Waals surface area contributed by atoms with E-state index in [1.807, 2.05) is 0 Å². The maximum Gasteiger partial charge on any atom is 0.140 e. The van der Waals surface area contributed by atoms with Crippen LogP contribution in [0, 0.1) is 0 Å². The fourth-order valence-electron chi connectivity index (χ4n) is 5.68. The Balaban J connectivity index is 0.00000121.